The quantitative estimate of drug-likeness (QED) is 0.724. The number of carbonyl (C=O) groups is 1. The van der Waals surface area contributed by atoms with Crippen molar-refractivity contribution in [2.45, 2.75) is 25.9 Å². The number of aliphatic hydroxyl groups is 1. The molecule has 5 heteroatoms. The van der Waals surface area contributed by atoms with Gasteiger partial charge in [-0.1, -0.05) is 48.0 Å². The molecule has 2 aromatic carbocycles. The number of ether oxygens (including phenoxy) is 1. The van der Waals surface area contributed by atoms with Gasteiger partial charge >= 0.3 is 6.03 Å². The summed E-state index contributed by atoms with van der Waals surface area (Å²) in [6.07, 6.45) is 0.674. The third-order valence-corrected chi connectivity index (χ3v) is 4.10. The SMILES string of the molecule is COc1ccc(C)cc1CCNC(=O)NCC(C)(O)c1ccccc1. The van der Waals surface area contributed by atoms with Crippen LogP contribution in [0.5, 0.6) is 5.75 Å². The molecule has 2 aromatic rings. The van der Waals surface area contributed by atoms with Crippen molar-refractivity contribution in [3.63, 3.8) is 0 Å². The zero-order valence-corrected chi connectivity index (χ0v) is 15.0. The number of benzene rings is 2. The molecule has 0 aromatic heterocycles. The van der Waals surface area contributed by atoms with Crippen molar-refractivity contribution in [2.75, 3.05) is 20.2 Å². The lowest BCUT2D eigenvalue weighted by atomic mass is 9.96. The smallest absolute Gasteiger partial charge is 0.314 e. The zero-order chi connectivity index (χ0) is 18.3. The molecule has 1 unspecified atom stereocenters. The molecule has 1 atom stereocenters. The minimum Gasteiger partial charge on any atom is -0.496 e. The van der Waals surface area contributed by atoms with Crippen molar-refractivity contribution >= 4 is 6.03 Å². The van der Waals surface area contributed by atoms with Crippen LogP contribution in [0.2, 0.25) is 0 Å². The minimum atomic E-state index is -1.11. The highest BCUT2D eigenvalue weighted by atomic mass is 16.5. The van der Waals surface area contributed by atoms with Gasteiger partial charge in [0.2, 0.25) is 0 Å². The number of methoxy groups -OCH3 is 1. The second-order valence-corrected chi connectivity index (χ2v) is 6.31. The van der Waals surface area contributed by atoms with E-state index >= 15 is 0 Å². The first-order chi connectivity index (χ1) is 11.9. The Hall–Kier alpha value is -2.53. The molecule has 0 radical (unpaired) electrons. The molecule has 0 bridgehead atoms. The second kappa shape index (κ2) is 8.53. The summed E-state index contributed by atoms with van der Waals surface area (Å²) in [6.45, 7) is 4.32. The summed E-state index contributed by atoms with van der Waals surface area (Å²) in [6, 6.07) is 15.0. The Morgan fingerprint density at radius 3 is 2.56 bits per heavy atom. The predicted octanol–water partition coefficient (Wildman–Crippen LogP) is 2.75. The van der Waals surface area contributed by atoms with E-state index in [1.165, 1.54) is 0 Å². The molecule has 3 N–H and O–H groups in total. The van der Waals surface area contributed by atoms with Crippen LogP contribution in [-0.2, 0) is 12.0 Å². The first kappa shape index (κ1) is 18.8. The molecule has 0 aliphatic heterocycles. The fourth-order valence-corrected chi connectivity index (χ4v) is 2.63. The van der Waals surface area contributed by atoms with E-state index in [4.69, 9.17) is 4.74 Å². The van der Waals surface area contributed by atoms with Crippen molar-refractivity contribution in [1.29, 1.82) is 0 Å². The van der Waals surface area contributed by atoms with E-state index in [-0.39, 0.29) is 12.6 Å². The Labute approximate surface area is 149 Å². The van der Waals surface area contributed by atoms with Crippen LogP contribution in [0.25, 0.3) is 0 Å². The van der Waals surface area contributed by atoms with Gasteiger partial charge in [-0.05, 0) is 37.5 Å². The molecule has 0 aliphatic carbocycles. The number of urea groups is 1. The van der Waals surface area contributed by atoms with Gasteiger partial charge in [0, 0.05) is 6.54 Å². The molecule has 0 fully saturated rings. The third-order valence-electron chi connectivity index (χ3n) is 4.10. The average Bonchev–Trinajstić information content (AvgIpc) is 2.61. The van der Waals surface area contributed by atoms with Gasteiger partial charge in [-0.15, -0.1) is 0 Å². The van der Waals surface area contributed by atoms with E-state index in [1.807, 2.05) is 49.4 Å². The van der Waals surface area contributed by atoms with Crippen LogP contribution in [0.3, 0.4) is 0 Å². The van der Waals surface area contributed by atoms with E-state index in [2.05, 4.69) is 16.7 Å². The van der Waals surface area contributed by atoms with Gasteiger partial charge in [-0.3, -0.25) is 0 Å². The van der Waals surface area contributed by atoms with Crippen molar-refractivity contribution in [3.8, 4) is 5.75 Å². The largest absolute Gasteiger partial charge is 0.496 e. The van der Waals surface area contributed by atoms with Gasteiger partial charge in [0.05, 0.1) is 13.7 Å². The highest BCUT2D eigenvalue weighted by Crippen LogP contribution is 2.20. The number of hydrogen-bond donors (Lipinski definition) is 3. The Morgan fingerprint density at radius 1 is 1.16 bits per heavy atom. The highest BCUT2D eigenvalue weighted by molar-refractivity contribution is 5.73. The standard InChI is InChI=1S/C20H26N2O3/c1-15-9-10-18(25-3)16(13-15)11-12-21-19(23)22-14-20(2,24)17-7-5-4-6-8-17/h4-10,13,24H,11-12,14H2,1-3H3,(H2,21,22,23). The van der Waals surface area contributed by atoms with Crippen LogP contribution >= 0.6 is 0 Å². The lowest BCUT2D eigenvalue weighted by Gasteiger charge is -2.24. The number of nitrogens with one attached hydrogen (secondary N) is 2. The maximum atomic E-state index is 12.0. The molecule has 0 heterocycles. The maximum absolute atomic E-state index is 12.0. The summed E-state index contributed by atoms with van der Waals surface area (Å²) >= 11 is 0. The third kappa shape index (κ3) is 5.50. The van der Waals surface area contributed by atoms with Gasteiger partial charge in [0.15, 0.2) is 0 Å². The second-order valence-electron chi connectivity index (χ2n) is 6.31. The number of rotatable bonds is 7. The molecule has 134 valence electrons. The van der Waals surface area contributed by atoms with Gasteiger partial charge < -0.3 is 20.5 Å². The molecule has 0 aliphatic rings. The monoisotopic (exact) mass is 342 g/mol. The fraction of sp³-hybridized carbons (Fsp3) is 0.350. The Morgan fingerprint density at radius 2 is 1.88 bits per heavy atom. The molecule has 2 rings (SSSR count). The zero-order valence-electron chi connectivity index (χ0n) is 15.0. The lowest BCUT2D eigenvalue weighted by molar-refractivity contribution is 0.0594. The maximum Gasteiger partial charge on any atom is 0.314 e. The van der Waals surface area contributed by atoms with Crippen LogP contribution < -0.4 is 15.4 Å². The normalized spacial score (nSPS) is 13.0. The van der Waals surface area contributed by atoms with Crippen molar-refractivity contribution in [3.05, 3.63) is 65.2 Å². The van der Waals surface area contributed by atoms with Gasteiger partial charge in [0.25, 0.3) is 0 Å². The topological polar surface area (TPSA) is 70.6 Å². The summed E-state index contributed by atoms with van der Waals surface area (Å²) < 4.78 is 5.34. The van der Waals surface area contributed by atoms with E-state index in [1.54, 1.807) is 14.0 Å². The first-order valence-electron chi connectivity index (χ1n) is 8.35. The summed E-state index contributed by atoms with van der Waals surface area (Å²) in [4.78, 5) is 12.0. The molecular weight excluding hydrogens is 316 g/mol. The summed E-state index contributed by atoms with van der Waals surface area (Å²) in [5.41, 5.74) is 1.86. The minimum absolute atomic E-state index is 0.136. The highest BCUT2D eigenvalue weighted by Gasteiger charge is 2.23. The van der Waals surface area contributed by atoms with E-state index in [9.17, 15) is 9.90 Å². The molecule has 25 heavy (non-hydrogen) atoms. The Balaban J connectivity index is 1.81. The molecule has 0 saturated heterocycles. The molecule has 2 amide bonds. The molecule has 0 saturated carbocycles. The number of amides is 2. The molecular formula is C20H26N2O3. The number of hydrogen-bond acceptors (Lipinski definition) is 3. The Kier molecular flexibility index (Phi) is 6.42. The summed E-state index contributed by atoms with van der Waals surface area (Å²) in [5.74, 6) is 0.819. The molecule has 0 spiro atoms. The van der Waals surface area contributed by atoms with E-state index in [0.29, 0.717) is 13.0 Å². The van der Waals surface area contributed by atoms with Crippen molar-refractivity contribution < 1.29 is 14.6 Å². The molecule has 5 nitrogen and oxygen atoms in total. The van der Waals surface area contributed by atoms with E-state index in [0.717, 1.165) is 22.4 Å². The fourth-order valence-electron chi connectivity index (χ4n) is 2.63. The lowest BCUT2D eigenvalue weighted by Crippen LogP contribution is -2.43. The average molecular weight is 342 g/mol. The van der Waals surface area contributed by atoms with Crippen LogP contribution in [-0.4, -0.2) is 31.3 Å². The summed E-state index contributed by atoms with van der Waals surface area (Å²) in [5, 5.41) is 16.0. The van der Waals surface area contributed by atoms with Crippen LogP contribution in [0.15, 0.2) is 48.5 Å². The van der Waals surface area contributed by atoms with Crippen LogP contribution in [0.1, 0.15) is 23.6 Å². The first-order valence-corrected chi connectivity index (χ1v) is 8.35. The number of carbonyl (C=O) groups excluding carboxylic acids is 1. The van der Waals surface area contributed by atoms with Crippen LogP contribution in [0, 0.1) is 6.92 Å². The van der Waals surface area contributed by atoms with E-state index < -0.39 is 5.60 Å². The van der Waals surface area contributed by atoms with Crippen molar-refractivity contribution in [1.82, 2.24) is 10.6 Å². The van der Waals surface area contributed by atoms with Gasteiger partial charge in [-0.25, -0.2) is 4.79 Å². The Bertz CT molecular complexity index is 699. The summed E-state index contributed by atoms with van der Waals surface area (Å²) in [7, 11) is 1.64. The van der Waals surface area contributed by atoms with Gasteiger partial charge in [-0.2, -0.15) is 0 Å². The van der Waals surface area contributed by atoms with Gasteiger partial charge in [0.1, 0.15) is 11.4 Å². The predicted molar refractivity (Wildman–Crippen MR) is 98.8 cm³/mol. The van der Waals surface area contributed by atoms with Crippen LogP contribution in [0.4, 0.5) is 4.79 Å². The number of aryl methyl sites for hydroxylation is 1. The van der Waals surface area contributed by atoms with Crippen molar-refractivity contribution in [2.24, 2.45) is 0 Å².